The first-order chi connectivity index (χ1) is 20.3. The summed E-state index contributed by atoms with van der Waals surface area (Å²) < 4.78 is 29.0. The van der Waals surface area contributed by atoms with Crippen molar-refractivity contribution < 1.29 is 18.0 Å². The summed E-state index contributed by atoms with van der Waals surface area (Å²) in [6, 6.07) is 33.0. The highest BCUT2D eigenvalue weighted by molar-refractivity contribution is 7.92. The van der Waals surface area contributed by atoms with Gasteiger partial charge in [0.05, 0.1) is 10.6 Å². The van der Waals surface area contributed by atoms with Gasteiger partial charge in [0.25, 0.3) is 10.0 Å². The monoisotopic (exact) mass is 583 g/mol. The number of sulfonamides is 1. The van der Waals surface area contributed by atoms with Crippen LogP contribution in [0.3, 0.4) is 0 Å². The Balaban J connectivity index is 1.78. The first-order valence-electron chi connectivity index (χ1n) is 14.1. The predicted molar refractivity (Wildman–Crippen MR) is 166 cm³/mol. The van der Waals surface area contributed by atoms with Crippen LogP contribution in [0.5, 0.6) is 0 Å². The lowest BCUT2D eigenvalue weighted by Gasteiger charge is -2.34. The van der Waals surface area contributed by atoms with E-state index in [2.05, 4.69) is 5.32 Å². The van der Waals surface area contributed by atoms with Crippen molar-refractivity contribution in [3.05, 3.63) is 132 Å². The molecule has 0 aromatic heterocycles. The van der Waals surface area contributed by atoms with E-state index >= 15 is 0 Å². The van der Waals surface area contributed by atoms with E-state index in [0.29, 0.717) is 12.2 Å². The number of para-hydroxylation sites is 1. The normalized spacial score (nSPS) is 11.9. The Morgan fingerprint density at radius 2 is 1.36 bits per heavy atom. The zero-order valence-corrected chi connectivity index (χ0v) is 24.8. The minimum absolute atomic E-state index is 0.0774. The van der Waals surface area contributed by atoms with Crippen molar-refractivity contribution in [1.82, 2.24) is 10.2 Å². The van der Waals surface area contributed by atoms with Crippen molar-refractivity contribution in [2.24, 2.45) is 0 Å². The second kappa shape index (κ2) is 14.5. The molecule has 4 aromatic carbocycles. The minimum Gasteiger partial charge on any atom is -0.354 e. The Kier molecular flexibility index (Phi) is 10.5. The summed E-state index contributed by atoms with van der Waals surface area (Å²) in [6.07, 6.45) is 1.03. The third-order valence-electron chi connectivity index (χ3n) is 7.08. The third kappa shape index (κ3) is 7.64. The average molecular weight is 584 g/mol. The fourth-order valence-corrected chi connectivity index (χ4v) is 6.17. The first kappa shape index (κ1) is 30.5. The largest absolute Gasteiger partial charge is 0.354 e. The standard InChI is InChI=1S/C34H37N3O4S/c1-3-23-35-34(39)32(24-28-16-7-4-8-17-28)36(25-29-18-14-13-15-27(29)2)33(38)26-37(30-19-9-5-10-20-30)42(40,41)31-21-11-6-12-22-31/h4-22,32H,3,23-26H2,1-2H3,(H,35,39)/t32-/m0/s1. The fourth-order valence-electron chi connectivity index (χ4n) is 4.73. The summed E-state index contributed by atoms with van der Waals surface area (Å²) >= 11 is 0. The van der Waals surface area contributed by atoms with E-state index in [-0.39, 0.29) is 23.8 Å². The van der Waals surface area contributed by atoms with Crippen LogP contribution in [-0.2, 0) is 32.6 Å². The minimum atomic E-state index is -4.10. The van der Waals surface area contributed by atoms with Gasteiger partial charge in [-0.3, -0.25) is 13.9 Å². The lowest BCUT2D eigenvalue weighted by Crippen LogP contribution is -2.53. The Morgan fingerprint density at radius 3 is 1.98 bits per heavy atom. The highest BCUT2D eigenvalue weighted by Gasteiger charge is 2.34. The lowest BCUT2D eigenvalue weighted by atomic mass is 10.0. The van der Waals surface area contributed by atoms with Gasteiger partial charge < -0.3 is 10.2 Å². The molecular formula is C34H37N3O4S. The number of benzene rings is 4. The molecule has 2 amide bonds. The fraction of sp³-hybridized carbons (Fsp3) is 0.235. The van der Waals surface area contributed by atoms with Gasteiger partial charge in [-0.2, -0.15) is 0 Å². The summed E-state index contributed by atoms with van der Waals surface area (Å²) in [4.78, 5) is 29.6. The molecule has 1 atom stereocenters. The molecule has 0 spiro atoms. The second-order valence-electron chi connectivity index (χ2n) is 10.1. The number of rotatable bonds is 13. The smallest absolute Gasteiger partial charge is 0.264 e. The summed E-state index contributed by atoms with van der Waals surface area (Å²) in [5.41, 5.74) is 3.11. The Hall–Kier alpha value is -4.43. The molecule has 0 aliphatic heterocycles. The molecule has 0 radical (unpaired) electrons. The Labute approximate surface area is 248 Å². The number of nitrogens with zero attached hydrogens (tertiary/aromatic N) is 2. The van der Waals surface area contributed by atoms with Crippen molar-refractivity contribution in [3.8, 4) is 0 Å². The molecule has 42 heavy (non-hydrogen) atoms. The van der Waals surface area contributed by atoms with Crippen LogP contribution >= 0.6 is 0 Å². The molecule has 0 fully saturated rings. The van der Waals surface area contributed by atoms with Gasteiger partial charge >= 0.3 is 0 Å². The zero-order chi connectivity index (χ0) is 30.0. The number of aryl methyl sites for hydroxylation is 1. The SMILES string of the molecule is CCCNC(=O)[C@H](Cc1ccccc1)N(Cc1ccccc1C)C(=O)CN(c1ccccc1)S(=O)(=O)c1ccccc1. The Bertz CT molecular complexity index is 1560. The molecule has 0 saturated carbocycles. The van der Waals surface area contributed by atoms with E-state index in [1.165, 1.54) is 17.0 Å². The van der Waals surface area contributed by atoms with Crippen LogP contribution < -0.4 is 9.62 Å². The van der Waals surface area contributed by atoms with Crippen LogP contribution in [-0.4, -0.2) is 44.3 Å². The van der Waals surface area contributed by atoms with Crippen molar-refractivity contribution in [1.29, 1.82) is 0 Å². The summed E-state index contributed by atoms with van der Waals surface area (Å²) in [5, 5.41) is 2.96. The number of anilines is 1. The highest BCUT2D eigenvalue weighted by atomic mass is 32.2. The number of hydrogen-bond acceptors (Lipinski definition) is 4. The van der Waals surface area contributed by atoms with E-state index in [9.17, 15) is 18.0 Å². The molecule has 0 saturated heterocycles. The lowest BCUT2D eigenvalue weighted by molar-refractivity contribution is -0.140. The quantitative estimate of drug-likeness (QED) is 0.230. The number of carbonyl (C=O) groups is 2. The van der Waals surface area contributed by atoms with Crippen LogP contribution in [0.25, 0.3) is 0 Å². The molecule has 8 heteroatoms. The van der Waals surface area contributed by atoms with Crippen molar-refractivity contribution >= 4 is 27.5 Å². The van der Waals surface area contributed by atoms with Crippen LogP contribution in [0.15, 0.2) is 120 Å². The molecule has 4 rings (SSSR count). The Morgan fingerprint density at radius 1 is 0.786 bits per heavy atom. The molecule has 0 bridgehead atoms. The molecule has 0 aliphatic carbocycles. The summed E-state index contributed by atoms with van der Waals surface area (Å²) in [6.45, 7) is 4.07. The number of amides is 2. The summed E-state index contributed by atoms with van der Waals surface area (Å²) in [7, 11) is -4.10. The average Bonchev–Trinajstić information content (AvgIpc) is 3.02. The van der Waals surface area contributed by atoms with E-state index < -0.39 is 28.5 Å². The van der Waals surface area contributed by atoms with Gasteiger partial charge in [-0.1, -0.05) is 97.9 Å². The van der Waals surface area contributed by atoms with Gasteiger partial charge in [0, 0.05) is 19.5 Å². The molecule has 4 aromatic rings. The van der Waals surface area contributed by atoms with Crippen LogP contribution in [0.1, 0.15) is 30.0 Å². The first-order valence-corrected chi connectivity index (χ1v) is 15.5. The number of hydrogen-bond donors (Lipinski definition) is 1. The van der Waals surface area contributed by atoms with Gasteiger partial charge in [0.15, 0.2) is 0 Å². The maximum Gasteiger partial charge on any atom is 0.264 e. The predicted octanol–water partition coefficient (Wildman–Crippen LogP) is 5.36. The van der Waals surface area contributed by atoms with E-state index in [0.717, 1.165) is 27.4 Å². The maximum absolute atomic E-state index is 14.4. The molecule has 7 nitrogen and oxygen atoms in total. The maximum atomic E-state index is 14.4. The van der Waals surface area contributed by atoms with Gasteiger partial charge in [-0.15, -0.1) is 0 Å². The summed E-state index contributed by atoms with van der Waals surface area (Å²) in [5.74, 6) is -0.756. The molecule has 0 heterocycles. The van der Waals surface area contributed by atoms with Crippen molar-refractivity contribution in [3.63, 3.8) is 0 Å². The highest BCUT2D eigenvalue weighted by Crippen LogP contribution is 2.25. The molecule has 1 N–H and O–H groups in total. The molecular weight excluding hydrogens is 546 g/mol. The van der Waals surface area contributed by atoms with Crippen molar-refractivity contribution in [2.45, 2.75) is 44.2 Å². The number of nitrogens with one attached hydrogen (secondary N) is 1. The van der Waals surface area contributed by atoms with Crippen LogP contribution in [0, 0.1) is 6.92 Å². The van der Waals surface area contributed by atoms with E-state index in [4.69, 9.17) is 0 Å². The molecule has 218 valence electrons. The van der Waals surface area contributed by atoms with Crippen molar-refractivity contribution in [2.75, 3.05) is 17.4 Å². The van der Waals surface area contributed by atoms with E-state index in [1.807, 2.05) is 68.4 Å². The second-order valence-corrected chi connectivity index (χ2v) is 12.0. The zero-order valence-electron chi connectivity index (χ0n) is 24.0. The van der Waals surface area contributed by atoms with Gasteiger partial charge in [-0.25, -0.2) is 8.42 Å². The van der Waals surface area contributed by atoms with Gasteiger partial charge in [0.2, 0.25) is 11.8 Å². The number of carbonyl (C=O) groups excluding carboxylic acids is 2. The van der Waals surface area contributed by atoms with Crippen LogP contribution in [0.4, 0.5) is 5.69 Å². The van der Waals surface area contributed by atoms with Gasteiger partial charge in [-0.05, 0) is 54.3 Å². The molecule has 0 aliphatic rings. The topological polar surface area (TPSA) is 86.8 Å². The van der Waals surface area contributed by atoms with Gasteiger partial charge in [0.1, 0.15) is 12.6 Å². The van der Waals surface area contributed by atoms with E-state index in [1.54, 1.807) is 48.5 Å². The molecule has 0 unspecified atom stereocenters. The third-order valence-corrected chi connectivity index (χ3v) is 8.86. The van der Waals surface area contributed by atoms with Crippen LogP contribution in [0.2, 0.25) is 0 Å².